The van der Waals surface area contributed by atoms with Gasteiger partial charge >= 0.3 is 0 Å². The first-order chi connectivity index (χ1) is 5.46. The lowest BCUT2D eigenvalue weighted by atomic mass is 9.68. The predicted molar refractivity (Wildman–Crippen MR) is 46.7 cm³/mol. The van der Waals surface area contributed by atoms with Gasteiger partial charge in [-0.15, -0.1) is 0 Å². The fourth-order valence-corrected chi connectivity index (χ4v) is 2.57. The third-order valence-electron chi connectivity index (χ3n) is 3.65. The maximum atomic E-state index is 9.85. The Morgan fingerprint density at radius 1 is 1.00 bits per heavy atom. The van der Waals surface area contributed by atoms with E-state index in [1.54, 1.807) is 0 Å². The molecule has 2 aliphatic carbocycles. The van der Waals surface area contributed by atoms with E-state index in [0.717, 1.165) is 25.7 Å². The van der Waals surface area contributed by atoms with Crippen LogP contribution in [-0.4, -0.2) is 22.4 Å². The molecule has 0 aliphatic heterocycles. The van der Waals surface area contributed by atoms with Gasteiger partial charge in [0.2, 0.25) is 0 Å². The zero-order chi connectivity index (χ0) is 8.98. The zero-order valence-corrected chi connectivity index (χ0v) is 7.88. The van der Waals surface area contributed by atoms with Crippen LogP contribution < -0.4 is 0 Å². The summed E-state index contributed by atoms with van der Waals surface area (Å²) < 4.78 is 0. The van der Waals surface area contributed by atoms with Crippen LogP contribution in [-0.2, 0) is 0 Å². The molecule has 0 heterocycles. The van der Waals surface area contributed by atoms with Crippen LogP contribution in [0.3, 0.4) is 0 Å². The summed E-state index contributed by atoms with van der Waals surface area (Å²) >= 11 is 0. The monoisotopic (exact) mass is 170 g/mol. The molecule has 70 valence electrons. The Hall–Kier alpha value is -0.0800. The highest BCUT2D eigenvalue weighted by molar-refractivity contribution is 5.09. The minimum Gasteiger partial charge on any atom is -0.392 e. The van der Waals surface area contributed by atoms with Crippen LogP contribution >= 0.6 is 0 Å². The van der Waals surface area contributed by atoms with Crippen molar-refractivity contribution < 1.29 is 10.2 Å². The topological polar surface area (TPSA) is 40.5 Å². The van der Waals surface area contributed by atoms with Crippen molar-refractivity contribution in [3.8, 4) is 0 Å². The number of hydrogen-bond donors (Lipinski definition) is 2. The fourth-order valence-electron chi connectivity index (χ4n) is 2.57. The van der Waals surface area contributed by atoms with Crippen molar-refractivity contribution in [3.63, 3.8) is 0 Å². The van der Waals surface area contributed by atoms with Crippen molar-refractivity contribution >= 4 is 0 Å². The van der Waals surface area contributed by atoms with Crippen LogP contribution in [0.25, 0.3) is 0 Å². The van der Waals surface area contributed by atoms with Crippen LogP contribution in [0.4, 0.5) is 0 Å². The minimum atomic E-state index is -0.267. The van der Waals surface area contributed by atoms with Gasteiger partial charge < -0.3 is 10.2 Å². The van der Waals surface area contributed by atoms with E-state index in [1.807, 2.05) is 0 Å². The Balaban J connectivity index is 2.15. The minimum absolute atomic E-state index is 0.0878. The largest absolute Gasteiger partial charge is 0.392 e. The summed E-state index contributed by atoms with van der Waals surface area (Å²) in [5.41, 5.74) is 0.0300. The molecule has 2 atom stereocenters. The van der Waals surface area contributed by atoms with Gasteiger partial charge in [-0.1, -0.05) is 13.8 Å². The summed E-state index contributed by atoms with van der Waals surface area (Å²) in [5, 5.41) is 19.7. The van der Waals surface area contributed by atoms with Gasteiger partial charge in [0.1, 0.15) is 0 Å². The first-order valence-electron chi connectivity index (χ1n) is 4.82. The quantitative estimate of drug-likeness (QED) is 0.575. The first kappa shape index (κ1) is 8.52. The molecule has 0 aromatic heterocycles. The molecule has 0 amide bonds. The summed E-state index contributed by atoms with van der Waals surface area (Å²) in [4.78, 5) is 0. The normalized spacial score (nSPS) is 43.0. The van der Waals surface area contributed by atoms with Crippen LogP contribution in [0.1, 0.15) is 39.5 Å². The average Bonchev–Trinajstić information content (AvgIpc) is 2.59. The van der Waals surface area contributed by atoms with Gasteiger partial charge in [0.05, 0.1) is 12.2 Å². The standard InChI is InChI=1S/C10H18O2/c1-9(2)5-7(11)10(3-4-10)8(12)6-9/h7-8,11-12H,3-6H2,1-2H3/t7-,8-/m1/s1. The molecule has 2 aliphatic rings. The molecule has 0 aromatic rings. The molecular weight excluding hydrogens is 152 g/mol. The van der Waals surface area contributed by atoms with Crippen LogP contribution in [0.15, 0.2) is 0 Å². The van der Waals surface area contributed by atoms with E-state index in [2.05, 4.69) is 13.8 Å². The van der Waals surface area contributed by atoms with Crippen molar-refractivity contribution in [1.29, 1.82) is 0 Å². The number of aliphatic hydroxyl groups is 2. The summed E-state index contributed by atoms with van der Waals surface area (Å²) in [7, 11) is 0. The molecule has 2 rings (SSSR count). The lowest BCUT2D eigenvalue weighted by molar-refractivity contribution is -0.0829. The van der Waals surface area contributed by atoms with Gasteiger partial charge in [0.25, 0.3) is 0 Å². The number of rotatable bonds is 0. The van der Waals surface area contributed by atoms with Crippen molar-refractivity contribution in [1.82, 2.24) is 0 Å². The fraction of sp³-hybridized carbons (Fsp3) is 1.00. The van der Waals surface area contributed by atoms with Crippen molar-refractivity contribution in [2.24, 2.45) is 10.8 Å². The van der Waals surface area contributed by atoms with Crippen LogP contribution in [0.5, 0.6) is 0 Å². The van der Waals surface area contributed by atoms with Crippen molar-refractivity contribution in [2.45, 2.75) is 51.7 Å². The molecule has 0 aromatic carbocycles. The Bertz CT molecular complexity index is 178. The second kappa shape index (κ2) is 2.24. The van der Waals surface area contributed by atoms with E-state index in [-0.39, 0.29) is 23.0 Å². The molecule has 2 fully saturated rings. The Morgan fingerprint density at radius 3 is 1.75 bits per heavy atom. The Labute approximate surface area is 73.6 Å². The second-order valence-electron chi connectivity index (χ2n) is 5.34. The third kappa shape index (κ3) is 1.09. The summed E-state index contributed by atoms with van der Waals surface area (Å²) in [6.07, 6.45) is 3.21. The Morgan fingerprint density at radius 2 is 1.42 bits per heavy atom. The summed E-state index contributed by atoms with van der Waals surface area (Å²) in [5.74, 6) is 0. The van der Waals surface area contributed by atoms with Gasteiger partial charge in [-0.3, -0.25) is 0 Å². The van der Waals surface area contributed by atoms with Crippen molar-refractivity contribution in [3.05, 3.63) is 0 Å². The highest BCUT2D eigenvalue weighted by Crippen LogP contribution is 2.59. The van der Waals surface area contributed by atoms with Crippen LogP contribution in [0.2, 0.25) is 0 Å². The summed E-state index contributed by atoms with van der Waals surface area (Å²) in [6.45, 7) is 4.24. The second-order valence-corrected chi connectivity index (χ2v) is 5.34. The van der Waals surface area contributed by atoms with Crippen molar-refractivity contribution in [2.75, 3.05) is 0 Å². The van der Waals surface area contributed by atoms with Crippen LogP contribution in [0, 0.1) is 10.8 Å². The highest BCUT2D eigenvalue weighted by Gasteiger charge is 2.58. The lowest BCUT2D eigenvalue weighted by Gasteiger charge is -2.42. The molecule has 0 bridgehead atoms. The molecule has 0 saturated heterocycles. The third-order valence-corrected chi connectivity index (χ3v) is 3.65. The molecule has 1 spiro atoms. The lowest BCUT2D eigenvalue weighted by Crippen LogP contribution is -2.44. The summed E-state index contributed by atoms with van der Waals surface area (Å²) in [6, 6.07) is 0. The van der Waals surface area contributed by atoms with Gasteiger partial charge in [-0.05, 0) is 31.1 Å². The molecule has 2 saturated carbocycles. The van der Waals surface area contributed by atoms with E-state index in [0.29, 0.717) is 0 Å². The maximum Gasteiger partial charge on any atom is 0.0626 e. The SMILES string of the molecule is CC1(C)C[C@@H](O)C2(CC2)[C@H](O)C1. The first-order valence-corrected chi connectivity index (χ1v) is 4.82. The highest BCUT2D eigenvalue weighted by atomic mass is 16.3. The predicted octanol–water partition coefficient (Wildman–Crippen LogP) is 1.31. The molecule has 12 heavy (non-hydrogen) atoms. The molecule has 2 heteroatoms. The number of hydrogen-bond acceptors (Lipinski definition) is 2. The molecule has 0 radical (unpaired) electrons. The molecule has 2 N–H and O–H groups in total. The molecule has 0 unspecified atom stereocenters. The van der Waals surface area contributed by atoms with E-state index in [4.69, 9.17) is 0 Å². The maximum absolute atomic E-state index is 9.85. The van der Waals surface area contributed by atoms with E-state index >= 15 is 0 Å². The van der Waals surface area contributed by atoms with E-state index < -0.39 is 0 Å². The van der Waals surface area contributed by atoms with E-state index in [1.165, 1.54) is 0 Å². The van der Waals surface area contributed by atoms with Gasteiger partial charge in [-0.25, -0.2) is 0 Å². The zero-order valence-electron chi connectivity index (χ0n) is 7.88. The van der Waals surface area contributed by atoms with Gasteiger partial charge in [0.15, 0.2) is 0 Å². The van der Waals surface area contributed by atoms with Gasteiger partial charge in [0, 0.05) is 5.41 Å². The van der Waals surface area contributed by atoms with Gasteiger partial charge in [-0.2, -0.15) is 0 Å². The number of aliphatic hydroxyl groups excluding tert-OH is 2. The smallest absolute Gasteiger partial charge is 0.0626 e. The van der Waals surface area contributed by atoms with E-state index in [9.17, 15) is 10.2 Å². The average molecular weight is 170 g/mol. The molecular formula is C10H18O2. The Kier molecular flexibility index (Phi) is 1.59. The molecule has 2 nitrogen and oxygen atoms in total.